The lowest BCUT2D eigenvalue weighted by Crippen LogP contribution is -2.09. The molecule has 2 rings (SSSR count). The van der Waals surface area contributed by atoms with E-state index >= 15 is 0 Å². The molecule has 0 N–H and O–H groups in total. The highest BCUT2D eigenvalue weighted by molar-refractivity contribution is 5.47. The Balaban J connectivity index is 2.51. The predicted molar refractivity (Wildman–Crippen MR) is 67.4 cm³/mol. The number of hydrogen-bond acceptors (Lipinski definition) is 2. The Morgan fingerprint density at radius 1 is 1.25 bits per heavy atom. The number of nitrogens with zero attached hydrogens (tertiary/aromatic N) is 3. The number of benzene rings is 1. The van der Waals surface area contributed by atoms with Gasteiger partial charge in [0.05, 0.1) is 28.6 Å². The summed E-state index contributed by atoms with van der Waals surface area (Å²) in [5.41, 5.74) is -0.261. The fraction of sp³-hybridized carbons (Fsp3) is 0.286. The van der Waals surface area contributed by atoms with Gasteiger partial charge in [-0.05, 0) is 30.2 Å². The summed E-state index contributed by atoms with van der Waals surface area (Å²) in [6.45, 7) is 3.90. The highest BCUT2D eigenvalue weighted by Crippen LogP contribution is 2.33. The van der Waals surface area contributed by atoms with Crippen LogP contribution in [0.15, 0.2) is 30.5 Å². The topological polar surface area (TPSA) is 41.6 Å². The molecule has 0 spiro atoms. The third-order valence-electron chi connectivity index (χ3n) is 2.89. The van der Waals surface area contributed by atoms with E-state index in [2.05, 4.69) is 5.10 Å². The highest BCUT2D eigenvalue weighted by Gasteiger charge is 2.34. The van der Waals surface area contributed by atoms with E-state index < -0.39 is 17.3 Å². The monoisotopic (exact) mass is 279 g/mol. The van der Waals surface area contributed by atoms with Gasteiger partial charge in [-0.25, -0.2) is 4.68 Å². The molecule has 0 radical (unpaired) electrons. The Hall–Kier alpha value is -2.29. The van der Waals surface area contributed by atoms with Crippen LogP contribution in [0, 0.1) is 11.3 Å². The first-order valence-electron chi connectivity index (χ1n) is 6.00. The minimum atomic E-state index is -4.56. The first kappa shape index (κ1) is 14.1. The zero-order chi connectivity index (χ0) is 14.9. The molecule has 0 saturated carbocycles. The summed E-state index contributed by atoms with van der Waals surface area (Å²) in [6, 6.07) is 6.87. The second-order valence-electron chi connectivity index (χ2n) is 4.68. The van der Waals surface area contributed by atoms with Crippen molar-refractivity contribution >= 4 is 0 Å². The molecule has 0 saturated heterocycles. The second-order valence-corrected chi connectivity index (χ2v) is 4.68. The molecule has 3 nitrogen and oxygen atoms in total. The molecule has 104 valence electrons. The average Bonchev–Trinajstić information content (AvgIpc) is 2.86. The van der Waals surface area contributed by atoms with Gasteiger partial charge in [-0.15, -0.1) is 0 Å². The summed E-state index contributed by atoms with van der Waals surface area (Å²) >= 11 is 0. The van der Waals surface area contributed by atoms with Crippen molar-refractivity contribution in [3.8, 4) is 11.8 Å². The fourth-order valence-electron chi connectivity index (χ4n) is 1.80. The molecule has 1 aromatic carbocycles. The lowest BCUT2D eigenvalue weighted by Gasteiger charge is -2.11. The zero-order valence-electron chi connectivity index (χ0n) is 10.9. The Kier molecular flexibility index (Phi) is 3.53. The van der Waals surface area contributed by atoms with Gasteiger partial charge in [0.15, 0.2) is 0 Å². The number of nitriles is 1. The number of rotatable bonds is 2. The Morgan fingerprint density at radius 3 is 2.45 bits per heavy atom. The molecular formula is C14H12F3N3. The molecule has 0 bridgehead atoms. The van der Waals surface area contributed by atoms with E-state index in [0.717, 1.165) is 17.8 Å². The minimum Gasteiger partial charge on any atom is -0.241 e. The van der Waals surface area contributed by atoms with Crippen LogP contribution in [0.5, 0.6) is 0 Å². The number of aromatic nitrogens is 2. The van der Waals surface area contributed by atoms with E-state index in [1.165, 1.54) is 10.7 Å². The van der Waals surface area contributed by atoms with Crippen LogP contribution >= 0.6 is 0 Å². The van der Waals surface area contributed by atoms with Gasteiger partial charge in [-0.2, -0.15) is 23.5 Å². The second kappa shape index (κ2) is 5.00. The van der Waals surface area contributed by atoms with Crippen LogP contribution in [-0.2, 0) is 6.18 Å². The van der Waals surface area contributed by atoms with Crippen molar-refractivity contribution < 1.29 is 13.2 Å². The molecule has 0 atom stereocenters. The first-order valence-corrected chi connectivity index (χ1v) is 6.00. The van der Waals surface area contributed by atoms with Crippen LogP contribution in [0.4, 0.5) is 13.2 Å². The summed E-state index contributed by atoms with van der Waals surface area (Å²) in [4.78, 5) is 0. The van der Waals surface area contributed by atoms with Crippen molar-refractivity contribution in [1.29, 1.82) is 5.26 Å². The van der Waals surface area contributed by atoms with Gasteiger partial charge in [0.25, 0.3) is 0 Å². The minimum absolute atomic E-state index is 0.191. The van der Waals surface area contributed by atoms with Crippen LogP contribution < -0.4 is 0 Å². The van der Waals surface area contributed by atoms with Crippen molar-refractivity contribution in [2.45, 2.75) is 25.9 Å². The Labute approximate surface area is 114 Å². The lowest BCUT2D eigenvalue weighted by molar-refractivity contribution is -0.137. The van der Waals surface area contributed by atoms with Crippen molar-refractivity contribution in [2.75, 3.05) is 0 Å². The van der Waals surface area contributed by atoms with Crippen LogP contribution in [0.3, 0.4) is 0 Å². The van der Waals surface area contributed by atoms with E-state index in [4.69, 9.17) is 5.26 Å². The van der Waals surface area contributed by atoms with Crippen LogP contribution in [0.2, 0.25) is 0 Å². The maximum Gasteiger partial charge on any atom is 0.417 e. The third-order valence-corrected chi connectivity index (χ3v) is 2.89. The van der Waals surface area contributed by atoms with E-state index in [-0.39, 0.29) is 11.6 Å². The summed E-state index contributed by atoms with van der Waals surface area (Å²) in [7, 11) is 0. The highest BCUT2D eigenvalue weighted by atomic mass is 19.4. The molecule has 20 heavy (non-hydrogen) atoms. The fourth-order valence-corrected chi connectivity index (χ4v) is 1.80. The smallest absolute Gasteiger partial charge is 0.241 e. The lowest BCUT2D eigenvalue weighted by atomic mass is 10.1. The molecule has 1 heterocycles. The van der Waals surface area contributed by atoms with E-state index in [0.29, 0.717) is 0 Å². The molecule has 0 aliphatic rings. The molecule has 1 aromatic heterocycles. The van der Waals surface area contributed by atoms with Crippen molar-refractivity contribution in [1.82, 2.24) is 9.78 Å². The van der Waals surface area contributed by atoms with Crippen molar-refractivity contribution in [3.05, 3.63) is 47.3 Å². The van der Waals surface area contributed by atoms with E-state index in [9.17, 15) is 13.2 Å². The van der Waals surface area contributed by atoms with Crippen molar-refractivity contribution in [2.24, 2.45) is 0 Å². The Bertz CT molecular complexity index is 663. The first-order chi connectivity index (χ1) is 9.32. The molecule has 0 aliphatic carbocycles. The van der Waals surface area contributed by atoms with Gasteiger partial charge in [0, 0.05) is 6.20 Å². The van der Waals surface area contributed by atoms with Gasteiger partial charge < -0.3 is 0 Å². The maximum absolute atomic E-state index is 12.9. The molecule has 0 amide bonds. The van der Waals surface area contributed by atoms with Crippen LogP contribution in [0.1, 0.15) is 36.6 Å². The average molecular weight is 279 g/mol. The van der Waals surface area contributed by atoms with Gasteiger partial charge in [-0.3, -0.25) is 0 Å². The SMILES string of the molecule is CC(C)c1ccn(-c2ccc(C#N)c(C(F)(F)F)c2)n1. The molecule has 0 aliphatic heterocycles. The molecule has 0 unspecified atom stereocenters. The van der Waals surface area contributed by atoms with Gasteiger partial charge >= 0.3 is 6.18 Å². The van der Waals surface area contributed by atoms with Crippen LogP contribution in [0.25, 0.3) is 5.69 Å². The molecule has 6 heteroatoms. The standard InChI is InChI=1S/C14H12F3N3/c1-9(2)13-5-6-20(19-13)11-4-3-10(8-18)12(7-11)14(15,16)17/h3-7,9H,1-2H3. The maximum atomic E-state index is 12.9. The largest absolute Gasteiger partial charge is 0.417 e. The van der Waals surface area contributed by atoms with E-state index in [1.54, 1.807) is 18.3 Å². The summed E-state index contributed by atoms with van der Waals surface area (Å²) < 4.78 is 40.0. The van der Waals surface area contributed by atoms with E-state index in [1.807, 2.05) is 13.8 Å². The van der Waals surface area contributed by atoms with Crippen LogP contribution in [-0.4, -0.2) is 9.78 Å². The van der Waals surface area contributed by atoms with Gasteiger partial charge in [-0.1, -0.05) is 13.8 Å². The van der Waals surface area contributed by atoms with Gasteiger partial charge in [0.2, 0.25) is 0 Å². The third kappa shape index (κ3) is 2.67. The summed E-state index contributed by atoms with van der Waals surface area (Å²) in [5.74, 6) is 0.191. The number of alkyl halides is 3. The predicted octanol–water partition coefficient (Wildman–Crippen LogP) is 3.89. The summed E-state index contributed by atoms with van der Waals surface area (Å²) in [5, 5.41) is 13.0. The zero-order valence-corrected chi connectivity index (χ0v) is 10.9. The van der Waals surface area contributed by atoms with Gasteiger partial charge in [0.1, 0.15) is 0 Å². The quantitative estimate of drug-likeness (QED) is 0.837. The molecular weight excluding hydrogens is 267 g/mol. The number of hydrogen-bond donors (Lipinski definition) is 0. The molecule has 0 fully saturated rings. The Morgan fingerprint density at radius 2 is 1.95 bits per heavy atom. The molecule has 2 aromatic rings. The van der Waals surface area contributed by atoms with Crippen molar-refractivity contribution in [3.63, 3.8) is 0 Å². The normalized spacial score (nSPS) is 11.7. The summed E-state index contributed by atoms with van der Waals surface area (Å²) in [6.07, 6.45) is -2.95. The number of halogens is 3.